The van der Waals surface area contributed by atoms with Crippen molar-refractivity contribution in [3.63, 3.8) is 0 Å². The predicted molar refractivity (Wildman–Crippen MR) is 113 cm³/mol. The third-order valence-electron chi connectivity index (χ3n) is 5.29. The molecule has 0 bridgehead atoms. The molecule has 0 saturated carbocycles. The van der Waals surface area contributed by atoms with Crippen molar-refractivity contribution in [1.29, 1.82) is 0 Å². The number of anilines is 1. The van der Waals surface area contributed by atoms with Crippen molar-refractivity contribution in [3.05, 3.63) is 53.6 Å². The van der Waals surface area contributed by atoms with Crippen molar-refractivity contribution in [2.75, 3.05) is 18.5 Å². The van der Waals surface area contributed by atoms with Crippen LogP contribution in [0.1, 0.15) is 46.4 Å². The lowest BCUT2D eigenvalue weighted by Crippen LogP contribution is -2.36. The van der Waals surface area contributed by atoms with Gasteiger partial charge in [-0.3, -0.25) is 24.1 Å². The maximum atomic E-state index is 12.8. The Hall–Kier alpha value is -3.72. The molecule has 0 unspecified atom stereocenters. The van der Waals surface area contributed by atoms with Crippen LogP contribution < -0.4 is 10.1 Å². The highest BCUT2D eigenvalue weighted by Crippen LogP contribution is 2.30. The minimum atomic E-state index is -1.03. The number of ether oxygens (including phenoxy) is 2. The number of carboxylic acid groups (broad SMARTS) is 1. The van der Waals surface area contributed by atoms with Crippen LogP contribution in [0.4, 0.5) is 5.69 Å². The minimum Gasteiger partial charge on any atom is -0.481 e. The van der Waals surface area contributed by atoms with Crippen LogP contribution in [0.15, 0.2) is 42.5 Å². The average molecular weight is 438 g/mol. The van der Waals surface area contributed by atoms with E-state index < -0.39 is 11.9 Å². The van der Waals surface area contributed by atoms with E-state index >= 15 is 0 Å². The summed E-state index contributed by atoms with van der Waals surface area (Å²) in [5.74, 6) is -1.23. The lowest BCUT2D eigenvalue weighted by atomic mass is 10.1. The van der Waals surface area contributed by atoms with Gasteiger partial charge >= 0.3 is 5.97 Å². The van der Waals surface area contributed by atoms with Gasteiger partial charge < -0.3 is 19.9 Å². The highest BCUT2D eigenvalue weighted by Gasteiger charge is 2.37. The zero-order valence-electron chi connectivity index (χ0n) is 17.2. The third-order valence-corrected chi connectivity index (χ3v) is 5.29. The van der Waals surface area contributed by atoms with Crippen LogP contribution >= 0.6 is 0 Å². The van der Waals surface area contributed by atoms with E-state index in [1.165, 1.54) is 4.90 Å². The van der Waals surface area contributed by atoms with Crippen molar-refractivity contribution in [3.8, 4) is 11.5 Å². The second kappa shape index (κ2) is 9.19. The summed E-state index contributed by atoms with van der Waals surface area (Å²) < 4.78 is 11.3. The van der Waals surface area contributed by atoms with Gasteiger partial charge in [0.05, 0.1) is 30.2 Å². The Morgan fingerprint density at radius 1 is 1.03 bits per heavy atom. The summed E-state index contributed by atoms with van der Waals surface area (Å²) in [6, 6.07) is 11.3. The van der Waals surface area contributed by atoms with Gasteiger partial charge in [-0.05, 0) is 55.3 Å². The fourth-order valence-corrected chi connectivity index (χ4v) is 3.68. The topological polar surface area (TPSA) is 122 Å². The second-order valence-electron chi connectivity index (χ2n) is 7.63. The number of benzene rings is 2. The number of nitrogens with zero attached hydrogens (tertiary/aromatic N) is 1. The number of rotatable bonds is 8. The lowest BCUT2D eigenvalue weighted by Gasteiger charge is -2.17. The molecular formula is C23H22N2O7. The summed E-state index contributed by atoms with van der Waals surface area (Å²) in [5, 5.41) is 11.2. The summed E-state index contributed by atoms with van der Waals surface area (Å²) >= 11 is 0. The molecule has 9 nitrogen and oxygen atoms in total. The number of carbonyl (C=O) groups is 4. The maximum absolute atomic E-state index is 12.8. The molecule has 1 fully saturated rings. The van der Waals surface area contributed by atoms with Crippen molar-refractivity contribution >= 4 is 29.4 Å². The van der Waals surface area contributed by atoms with Crippen LogP contribution in [0.25, 0.3) is 0 Å². The molecule has 1 atom stereocenters. The van der Waals surface area contributed by atoms with E-state index in [-0.39, 0.29) is 37.3 Å². The molecule has 0 spiro atoms. The predicted octanol–water partition coefficient (Wildman–Crippen LogP) is 3.06. The molecule has 166 valence electrons. The average Bonchev–Trinajstić information content (AvgIpc) is 3.37. The molecule has 4 rings (SSSR count). The van der Waals surface area contributed by atoms with E-state index in [9.17, 15) is 19.2 Å². The molecule has 2 aliphatic rings. The van der Waals surface area contributed by atoms with Gasteiger partial charge in [-0.1, -0.05) is 0 Å². The normalized spacial score (nSPS) is 17.4. The summed E-state index contributed by atoms with van der Waals surface area (Å²) in [5.41, 5.74) is 1.15. The number of hydrogen-bond acceptors (Lipinski definition) is 6. The standard InChI is InChI=1S/C23H22N2O7/c26-20(9-10-21(27)28)24-14-3-5-15(6-4-14)32-16-7-8-18-19(12-16)23(30)25(22(18)29)13-17-2-1-11-31-17/h3-8,12,17H,1-2,9-11,13H2,(H,24,26)(H,27,28)/t17-/m0/s1. The summed E-state index contributed by atoms with van der Waals surface area (Å²) in [7, 11) is 0. The fraction of sp³-hybridized carbons (Fsp3) is 0.304. The smallest absolute Gasteiger partial charge is 0.303 e. The first-order valence-corrected chi connectivity index (χ1v) is 10.3. The van der Waals surface area contributed by atoms with E-state index in [4.69, 9.17) is 14.6 Å². The van der Waals surface area contributed by atoms with Gasteiger partial charge in [0.1, 0.15) is 11.5 Å². The SMILES string of the molecule is O=C(O)CCC(=O)Nc1ccc(Oc2ccc3c(c2)C(=O)N(C[C@@H]2CCCO2)C3=O)cc1. The molecular weight excluding hydrogens is 416 g/mol. The number of amides is 3. The van der Waals surface area contributed by atoms with Gasteiger partial charge in [0.15, 0.2) is 0 Å². The Bertz CT molecular complexity index is 1060. The van der Waals surface area contributed by atoms with Crippen LogP contribution in [-0.2, 0) is 14.3 Å². The van der Waals surface area contributed by atoms with Crippen molar-refractivity contribution in [2.45, 2.75) is 31.8 Å². The van der Waals surface area contributed by atoms with Crippen LogP contribution in [0.2, 0.25) is 0 Å². The second-order valence-corrected chi connectivity index (χ2v) is 7.63. The monoisotopic (exact) mass is 438 g/mol. The Labute approximate surface area is 183 Å². The number of nitrogens with one attached hydrogen (secondary N) is 1. The Balaban J connectivity index is 1.39. The van der Waals surface area contributed by atoms with E-state index in [1.54, 1.807) is 42.5 Å². The van der Waals surface area contributed by atoms with Crippen LogP contribution in [0, 0.1) is 0 Å². The molecule has 1 saturated heterocycles. The number of imide groups is 1. The first-order valence-electron chi connectivity index (χ1n) is 10.3. The molecule has 9 heteroatoms. The lowest BCUT2D eigenvalue weighted by molar-refractivity contribution is -0.138. The van der Waals surface area contributed by atoms with E-state index in [2.05, 4.69) is 5.32 Å². The molecule has 0 radical (unpaired) electrons. The molecule has 2 aromatic rings. The van der Waals surface area contributed by atoms with E-state index in [1.807, 2.05) is 0 Å². The quantitative estimate of drug-likeness (QED) is 0.607. The Kier molecular flexibility index (Phi) is 6.18. The zero-order valence-corrected chi connectivity index (χ0v) is 17.2. The van der Waals surface area contributed by atoms with Crippen molar-refractivity contribution < 1.29 is 33.8 Å². The number of carbonyl (C=O) groups excluding carboxylic acids is 3. The zero-order chi connectivity index (χ0) is 22.7. The number of fused-ring (bicyclic) bond motifs is 1. The first-order chi connectivity index (χ1) is 15.4. The molecule has 0 aromatic heterocycles. The molecule has 32 heavy (non-hydrogen) atoms. The number of aliphatic carboxylic acids is 1. The van der Waals surface area contributed by atoms with Gasteiger partial charge in [0.2, 0.25) is 5.91 Å². The van der Waals surface area contributed by atoms with Crippen LogP contribution in [-0.4, -0.2) is 53.0 Å². The molecule has 0 aliphatic carbocycles. The third kappa shape index (κ3) is 4.78. The van der Waals surface area contributed by atoms with Gasteiger partial charge in [0.25, 0.3) is 11.8 Å². The highest BCUT2D eigenvalue weighted by atomic mass is 16.5. The summed E-state index contributed by atoms with van der Waals surface area (Å²) in [6.07, 6.45) is 1.29. The minimum absolute atomic E-state index is 0.112. The number of carboxylic acids is 1. The van der Waals surface area contributed by atoms with Gasteiger partial charge in [0, 0.05) is 18.7 Å². The van der Waals surface area contributed by atoms with Crippen molar-refractivity contribution in [1.82, 2.24) is 4.90 Å². The molecule has 3 amide bonds. The van der Waals surface area contributed by atoms with Gasteiger partial charge in [-0.25, -0.2) is 0 Å². The Morgan fingerprint density at radius 2 is 1.75 bits per heavy atom. The molecule has 2 aliphatic heterocycles. The number of hydrogen-bond donors (Lipinski definition) is 2. The fourth-order valence-electron chi connectivity index (χ4n) is 3.68. The molecule has 2 N–H and O–H groups in total. The maximum Gasteiger partial charge on any atom is 0.303 e. The highest BCUT2D eigenvalue weighted by molar-refractivity contribution is 6.21. The molecule has 2 aromatic carbocycles. The molecule has 2 heterocycles. The van der Waals surface area contributed by atoms with E-state index in [0.29, 0.717) is 34.9 Å². The van der Waals surface area contributed by atoms with Crippen molar-refractivity contribution in [2.24, 2.45) is 0 Å². The summed E-state index contributed by atoms with van der Waals surface area (Å²) in [6.45, 7) is 0.902. The first kappa shape index (κ1) is 21.5. The van der Waals surface area contributed by atoms with Gasteiger partial charge in [-0.2, -0.15) is 0 Å². The van der Waals surface area contributed by atoms with Crippen LogP contribution in [0.5, 0.6) is 11.5 Å². The van der Waals surface area contributed by atoms with E-state index in [0.717, 1.165) is 12.8 Å². The largest absolute Gasteiger partial charge is 0.481 e. The van der Waals surface area contributed by atoms with Crippen LogP contribution in [0.3, 0.4) is 0 Å². The Morgan fingerprint density at radius 3 is 2.44 bits per heavy atom. The summed E-state index contributed by atoms with van der Waals surface area (Å²) in [4.78, 5) is 48.9. The van der Waals surface area contributed by atoms with Gasteiger partial charge in [-0.15, -0.1) is 0 Å².